The minimum atomic E-state index is 0.712. The van der Waals surface area contributed by atoms with Crippen molar-refractivity contribution in [3.8, 4) is 5.75 Å². The summed E-state index contributed by atoms with van der Waals surface area (Å²) in [5.74, 6) is 0.919. The SMILES string of the molecule is COc1ccc(Cc2ccccn2)c(CNC2CC2)c1. The van der Waals surface area contributed by atoms with E-state index in [0.29, 0.717) is 6.04 Å². The third-order valence-corrected chi connectivity index (χ3v) is 3.67. The minimum Gasteiger partial charge on any atom is -0.497 e. The van der Waals surface area contributed by atoms with Gasteiger partial charge in [0.25, 0.3) is 0 Å². The van der Waals surface area contributed by atoms with Crippen LogP contribution in [0.3, 0.4) is 0 Å². The first-order valence-corrected chi connectivity index (χ1v) is 7.14. The van der Waals surface area contributed by atoms with Crippen LogP contribution in [0.25, 0.3) is 0 Å². The molecule has 1 fully saturated rings. The Kier molecular flexibility index (Phi) is 3.97. The van der Waals surface area contributed by atoms with Crippen LogP contribution in [0.5, 0.6) is 5.75 Å². The number of aromatic nitrogens is 1. The lowest BCUT2D eigenvalue weighted by molar-refractivity contribution is 0.414. The summed E-state index contributed by atoms with van der Waals surface area (Å²) < 4.78 is 5.34. The first-order valence-electron chi connectivity index (χ1n) is 7.14. The zero-order valence-corrected chi connectivity index (χ0v) is 11.8. The van der Waals surface area contributed by atoms with E-state index in [1.165, 1.54) is 24.0 Å². The second kappa shape index (κ2) is 6.06. The van der Waals surface area contributed by atoms with Crippen molar-refractivity contribution in [2.75, 3.05) is 7.11 Å². The molecule has 0 saturated heterocycles. The third kappa shape index (κ3) is 3.36. The number of hydrogen-bond acceptors (Lipinski definition) is 3. The first-order chi connectivity index (χ1) is 9.85. The van der Waals surface area contributed by atoms with Gasteiger partial charge in [0.05, 0.1) is 7.11 Å². The molecular formula is C17H20N2O. The Morgan fingerprint density at radius 2 is 2.10 bits per heavy atom. The number of methoxy groups -OCH3 is 1. The van der Waals surface area contributed by atoms with Gasteiger partial charge in [-0.1, -0.05) is 12.1 Å². The highest BCUT2D eigenvalue weighted by Gasteiger charge is 2.20. The molecule has 1 aliphatic carbocycles. The Bertz CT molecular complexity index is 564. The fraction of sp³-hybridized carbons (Fsp3) is 0.353. The molecule has 3 nitrogen and oxygen atoms in total. The van der Waals surface area contributed by atoms with Gasteiger partial charge < -0.3 is 10.1 Å². The monoisotopic (exact) mass is 268 g/mol. The lowest BCUT2D eigenvalue weighted by Gasteiger charge is -2.12. The van der Waals surface area contributed by atoms with E-state index in [0.717, 1.165) is 24.4 Å². The van der Waals surface area contributed by atoms with Gasteiger partial charge in [-0.25, -0.2) is 0 Å². The summed E-state index contributed by atoms with van der Waals surface area (Å²) in [5, 5.41) is 3.57. The molecular weight excluding hydrogens is 248 g/mol. The van der Waals surface area contributed by atoms with E-state index in [1.807, 2.05) is 24.4 Å². The van der Waals surface area contributed by atoms with Crippen molar-refractivity contribution in [2.24, 2.45) is 0 Å². The number of pyridine rings is 1. The molecule has 0 bridgehead atoms. The van der Waals surface area contributed by atoms with E-state index < -0.39 is 0 Å². The fourth-order valence-electron chi connectivity index (χ4n) is 2.31. The Morgan fingerprint density at radius 1 is 1.20 bits per heavy atom. The lowest BCUT2D eigenvalue weighted by Crippen LogP contribution is -2.16. The minimum absolute atomic E-state index is 0.712. The van der Waals surface area contributed by atoms with E-state index in [1.54, 1.807) is 7.11 Å². The van der Waals surface area contributed by atoms with E-state index in [2.05, 4.69) is 28.5 Å². The first kappa shape index (κ1) is 13.1. The van der Waals surface area contributed by atoms with Crippen LogP contribution in [-0.4, -0.2) is 18.1 Å². The summed E-state index contributed by atoms with van der Waals surface area (Å²) in [4.78, 5) is 4.41. The zero-order valence-electron chi connectivity index (χ0n) is 11.8. The molecule has 0 radical (unpaired) electrons. The number of nitrogens with zero attached hydrogens (tertiary/aromatic N) is 1. The maximum Gasteiger partial charge on any atom is 0.119 e. The van der Waals surface area contributed by atoms with Crippen molar-refractivity contribution in [3.05, 3.63) is 59.4 Å². The van der Waals surface area contributed by atoms with Crippen LogP contribution in [0.15, 0.2) is 42.6 Å². The topological polar surface area (TPSA) is 34.1 Å². The smallest absolute Gasteiger partial charge is 0.119 e. The highest BCUT2D eigenvalue weighted by molar-refractivity contribution is 5.37. The average molecular weight is 268 g/mol. The predicted molar refractivity (Wildman–Crippen MR) is 79.9 cm³/mol. The molecule has 1 N–H and O–H groups in total. The summed E-state index contributed by atoms with van der Waals surface area (Å²) in [7, 11) is 1.71. The maximum atomic E-state index is 5.34. The number of ether oxygens (including phenoxy) is 1. The van der Waals surface area contributed by atoms with Gasteiger partial charge in [0.1, 0.15) is 5.75 Å². The van der Waals surface area contributed by atoms with Crippen LogP contribution in [0.4, 0.5) is 0 Å². The molecule has 0 unspecified atom stereocenters. The van der Waals surface area contributed by atoms with Crippen LogP contribution in [0.1, 0.15) is 29.7 Å². The normalized spacial score (nSPS) is 14.2. The maximum absolute atomic E-state index is 5.34. The van der Waals surface area contributed by atoms with E-state index in [-0.39, 0.29) is 0 Å². The summed E-state index contributed by atoms with van der Waals surface area (Å²) in [6, 6.07) is 13.1. The summed E-state index contributed by atoms with van der Waals surface area (Å²) >= 11 is 0. The fourth-order valence-corrected chi connectivity index (χ4v) is 2.31. The Labute approximate surface area is 120 Å². The van der Waals surface area contributed by atoms with Crippen LogP contribution in [0, 0.1) is 0 Å². The van der Waals surface area contributed by atoms with E-state index >= 15 is 0 Å². The molecule has 0 aliphatic heterocycles. The summed E-state index contributed by atoms with van der Waals surface area (Å²) in [6.45, 7) is 0.907. The summed E-state index contributed by atoms with van der Waals surface area (Å²) in [5.41, 5.74) is 3.73. The lowest BCUT2D eigenvalue weighted by atomic mass is 10.0. The Hall–Kier alpha value is -1.87. The number of nitrogens with one attached hydrogen (secondary N) is 1. The van der Waals surface area contributed by atoms with Gasteiger partial charge in [0, 0.05) is 30.9 Å². The molecule has 1 aromatic heterocycles. The molecule has 2 aromatic rings. The molecule has 1 saturated carbocycles. The molecule has 1 heterocycles. The average Bonchev–Trinajstić information content (AvgIpc) is 3.31. The van der Waals surface area contributed by atoms with Gasteiger partial charge in [-0.05, 0) is 48.2 Å². The van der Waals surface area contributed by atoms with Crippen molar-refractivity contribution in [1.82, 2.24) is 10.3 Å². The van der Waals surface area contributed by atoms with Crippen molar-refractivity contribution in [1.29, 1.82) is 0 Å². The van der Waals surface area contributed by atoms with Crippen molar-refractivity contribution in [3.63, 3.8) is 0 Å². The summed E-state index contributed by atoms with van der Waals surface area (Å²) in [6.07, 6.45) is 5.33. The van der Waals surface area contributed by atoms with Gasteiger partial charge in [-0.3, -0.25) is 4.98 Å². The quantitative estimate of drug-likeness (QED) is 0.874. The molecule has 0 amide bonds. The number of hydrogen-bond donors (Lipinski definition) is 1. The van der Waals surface area contributed by atoms with Crippen molar-refractivity contribution in [2.45, 2.75) is 31.8 Å². The van der Waals surface area contributed by atoms with Crippen molar-refractivity contribution < 1.29 is 4.74 Å². The second-order valence-electron chi connectivity index (χ2n) is 5.29. The van der Waals surface area contributed by atoms with Gasteiger partial charge in [-0.2, -0.15) is 0 Å². The van der Waals surface area contributed by atoms with E-state index in [4.69, 9.17) is 4.74 Å². The highest BCUT2D eigenvalue weighted by atomic mass is 16.5. The molecule has 3 heteroatoms. The van der Waals surface area contributed by atoms with Gasteiger partial charge in [0.15, 0.2) is 0 Å². The molecule has 20 heavy (non-hydrogen) atoms. The predicted octanol–water partition coefficient (Wildman–Crippen LogP) is 2.93. The molecule has 0 atom stereocenters. The molecule has 1 aliphatic rings. The largest absolute Gasteiger partial charge is 0.497 e. The van der Waals surface area contributed by atoms with Gasteiger partial charge in [0.2, 0.25) is 0 Å². The second-order valence-corrected chi connectivity index (χ2v) is 5.29. The molecule has 104 valence electrons. The standard InChI is InChI=1S/C17H20N2O/c1-20-17-8-5-13(10-16-4-2-3-9-18-16)14(11-17)12-19-15-6-7-15/h2-5,8-9,11,15,19H,6-7,10,12H2,1H3. The van der Waals surface area contributed by atoms with Crippen LogP contribution >= 0.6 is 0 Å². The third-order valence-electron chi connectivity index (χ3n) is 3.67. The number of rotatable bonds is 6. The van der Waals surface area contributed by atoms with E-state index in [9.17, 15) is 0 Å². The molecule has 1 aromatic carbocycles. The van der Waals surface area contributed by atoms with Crippen molar-refractivity contribution >= 4 is 0 Å². The Balaban J connectivity index is 1.79. The van der Waals surface area contributed by atoms with Gasteiger partial charge >= 0.3 is 0 Å². The molecule has 0 spiro atoms. The van der Waals surface area contributed by atoms with Crippen LogP contribution in [-0.2, 0) is 13.0 Å². The van der Waals surface area contributed by atoms with Crippen LogP contribution < -0.4 is 10.1 Å². The van der Waals surface area contributed by atoms with Gasteiger partial charge in [-0.15, -0.1) is 0 Å². The van der Waals surface area contributed by atoms with Crippen LogP contribution in [0.2, 0.25) is 0 Å². The number of benzene rings is 1. The Morgan fingerprint density at radius 3 is 2.80 bits per heavy atom. The zero-order chi connectivity index (χ0) is 13.8. The highest BCUT2D eigenvalue weighted by Crippen LogP contribution is 2.23. The molecule has 3 rings (SSSR count).